The molecule has 0 spiro atoms. The van der Waals surface area contributed by atoms with Crippen molar-refractivity contribution >= 4 is 23.9 Å². The lowest BCUT2D eigenvalue weighted by Crippen LogP contribution is -2.19. The normalized spacial score (nSPS) is 10.5. The average molecular weight is 414 g/mol. The minimum atomic E-state index is -1.04. The first-order valence-electron chi connectivity index (χ1n) is 9.25. The Morgan fingerprint density at radius 3 is 1.27 bits per heavy atom. The Labute approximate surface area is 173 Å². The molecule has 0 saturated carbocycles. The van der Waals surface area contributed by atoms with Crippen molar-refractivity contribution in [2.45, 2.75) is 27.7 Å². The van der Waals surface area contributed by atoms with Gasteiger partial charge >= 0.3 is 23.9 Å². The van der Waals surface area contributed by atoms with Gasteiger partial charge in [-0.1, -0.05) is 52.0 Å². The second kappa shape index (κ2) is 10.2. The van der Waals surface area contributed by atoms with E-state index in [4.69, 9.17) is 9.47 Å². The van der Waals surface area contributed by atoms with Crippen molar-refractivity contribution in [3.8, 4) is 11.5 Å². The second-order valence-electron chi connectivity index (χ2n) is 6.89. The van der Waals surface area contributed by atoms with E-state index in [1.54, 1.807) is 39.8 Å². The van der Waals surface area contributed by atoms with Crippen LogP contribution >= 0.6 is 0 Å². The number of esters is 2. The molecule has 8 nitrogen and oxygen atoms in total. The topological polar surface area (TPSA) is 105 Å². The standard InChI is InChI=1S/C22H22O8/c1-13(2)19(23)27-17-11-7-5-9-15(17)21(25)29-30-22(26)16-10-6-8-12-18(16)28-20(24)14(3)4/h5-14H,1-4H3. The van der Waals surface area contributed by atoms with Gasteiger partial charge in [0.15, 0.2) is 0 Å². The van der Waals surface area contributed by atoms with E-state index in [0.717, 1.165) is 0 Å². The zero-order valence-corrected chi connectivity index (χ0v) is 17.0. The molecule has 0 saturated heterocycles. The smallest absolute Gasteiger partial charge is 0.390 e. The molecule has 0 aliphatic rings. The molecule has 0 N–H and O–H groups in total. The summed E-state index contributed by atoms with van der Waals surface area (Å²) >= 11 is 0. The first-order chi connectivity index (χ1) is 14.2. The van der Waals surface area contributed by atoms with Crippen LogP contribution < -0.4 is 9.47 Å². The predicted molar refractivity (Wildman–Crippen MR) is 105 cm³/mol. The third-order valence-electron chi connectivity index (χ3n) is 3.77. The molecule has 0 aromatic heterocycles. The van der Waals surface area contributed by atoms with Gasteiger partial charge in [-0.15, -0.1) is 0 Å². The van der Waals surface area contributed by atoms with Gasteiger partial charge in [-0.2, -0.15) is 0 Å². The van der Waals surface area contributed by atoms with Crippen molar-refractivity contribution in [3.63, 3.8) is 0 Å². The summed E-state index contributed by atoms with van der Waals surface area (Å²) in [5.74, 6) is -4.00. The fourth-order valence-corrected chi connectivity index (χ4v) is 2.07. The van der Waals surface area contributed by atoms with Crippen LogP contribution in [0.4, 0.5) is 0 Å². The Hall–Kier alpha value is -3.68. The highest BCUT2D eigenvalue weighted by atomic mass is 17.2. The lowest BCUT2D eigenvalue weighted by Gasteiger charge is -2.11. The van der Waals surface area contributed by atoms with Crippen LogP contribution in [0.25, 0.3) is 0 Å². The Kier molecular flexibility index (Phi) is 7.69. The average Bonchev–Trinajstić information content (AvgIpc) is 2.72. The van der Waals surface area contributed by atoms with Crippen LogP contribution in [0.15, 0.2) is 48.5 Å². The maximum absolute atomic E-state index is 12.3. The van der Waals surface area contributed by atoms with Gasteiger partial charge in [0.25, 0.3) is 0 Å². The van der Waals surface area contributed by atoms with E-state index in [1.807, 2.05) is 0 Å². The molecule has 2 aromatic carbocycles. The molecule has 0 aliphatic heterocycles. The first kappa shape index (κ1) is 22.6. The van der Waals surface area contributed by atoms with E-state index >= 15 is 0 Å². The molecular weight excluding hydrogens is 392 g/mol. The summed E-state index contributed by atoms with van der Waals surface area (Å²) in [6.07, 6.45) is 0. The summed E-state index contributed by atoms with van der Waals surface area (Å²) < 4.78 is 10.3. The number of carbonyl (C=O) groups excluding carboxylic acids is 4. The highest BCUT2D eigenvalue weighted by molar-refractivity contribution is 5.96. The molecule has 0 heterocycles. The Morgan fingerprint density at radius 2 is 0.933 bits per heavy atom. The van der Waals surface area contributed by atoms with Crippen LogP contribution in [0, 0.1) is 11.8 Å². The van der Waals surface area contributed by atoms with Gasteiger partial charge in [-0.05, 0) is 24.3 Å². The number of benzene rings is 2. The third-order valence-corrected chi connectivity index (χ3v) is 3.77. The van der Waals surface area contributed by atoms with Crippen LogP contribution in [0.1, 0.15) is 48.4 Å². The van der Waals surface area contributed by atoms with Crippen molar-refractivity contribution in [1.29, 1.82) is 0 Å². The molecule has 0 aliphatic carbocycles. The molecule has 0 atom stereocenters. The van der Waals surface area contributed by atoms with Crippen molar-refractivity contribution in [2.24, 2.45) is 11.8 Å². The zero-order valence-electron chi connectivity index (χ0n) is 17.0. The van der Waals surface area contributed by atoms with Gasteiger partial charge in [-0.25, -0.2) is 19.4 Å². The minimum absolute atomic E-state index is 0.0245. The summed E-state index contributed by atoms with van der Waals surface area (Å²) in [5, 5.41) is 0. The minimum Gasteiger partial charge on any atom is -0.425 e. The molecular formula is C22H22O8. The van der Waals surface area contributed by atoms with Crippen LogP contribution in [-0.4, -0.2) is 23.9 Å². The quantitative estimate of drug-likeness (QED) is 0.305. The molecule has 0 unspecified atom stereocenters. The molecule has 0 bridgehead atoms. The molecule has 2 rings (SSSR count). The first-order valence-corrected chi connectivity index (χ1v) is 9.25. The van der Waals surface area contributed by atoms with Crippen molar-refractivity contribution in [1.82, 2.24) is 0 Å². The van der Waals surface area contributed by atoms with Gasteiger partial charge in [-0.3, -0.25) is 9.59 Å². The van der Waals surface area contributed by atoms with Crippen molar-refractivity contribution in [3.05, 3.63) is 59.7 Å². The molecule has 0 radical (unpaired) electrons. The molecule has 8 heteroatoms. The monoisotopic (exact) mass is 414 g/mol. The van der Waals surface area contributed by atoms with Crippen LogP contribution in [-0.2, 0) is 19.4 Å². The molecule has 30 heavy (non-hydrogen) atoms. The summed E-state index contributed by atoms with van der Waals surface area (Å²) in [6, 6.07) is 11.8. The molecule has 158 valence electrons. The van der Waals surface area contributed by atoms with Gasteiger partial charge in [0.05, 0.1) is 11.8 Å². The van der Waals surface area contributed by atoms with E-state index in [1.165, 1.54) is 36.4 Å². The second-order valence-corrected chi connectivity index (χ2v) is 6.89. The fraction of sp³-hybridized carbons (Fsp3) is 0.273. The van der Waals surface area contributed by atoms with Gasteiger partial charge in [0.2, 0.25) is 0 Å². The Bertz CT molecular complexity index is 868. The summed E-state index contributed by atoms with van der Waals surface area (Å²) in [5.41, 5.74) is -0.197. The number of rotatable bonds is 6. The maximum Gasteiger partial charge on any atom is 0.390 e. The lowest BCUT2D eigenvalue weighted by atomic mass is 10.2. The molecule has 0 amide bonds. The zero-order chi connectivity index (χ0) is 22.3. The van der Waals surface area contributed by atoms with Crippen molar-refractivity contribution in [2.75, 3.05) is 0 Å². The van der Waals surface area contributed by atoms with Crippen LogP contribution in [0.2, 0.25) is 0 Å². The van der Waals surface area contributed by atoms with E-state index < -0.39 is 35.7 Å². The van der Waals surface area contributed by atoms with E-state index in [0.29, 0.717) is 0 Å². The predicted octanol–water partition coefficient (Wildman–Crippen LogP) is 3.74. The largest absolute Gasteiger partial charge is 0.425 e. The number of ether oxygens (including phenoxy) is 2. The van der Waals surface area contributed by atoms with E-state index in [-0.39, 0.29) is 22.6 Å². The lowest BCUT2D eigenvalue weighted by molar-refractivity contribution is -0.187. The number of hydrogen-bond acceptors (Lipinski definition) is 8. The summed E-state index contributed by atoms with van der Waals surface area (Å²) in [4.78, 5) is 57.5. The van der Waals surface area contributed by atoms with E-state index in [2.05, 4.69) is 9.78 Å². The van der Waals surface area contributed by atoms with Gasteiger partial charge in [0.1, 0.15) is 22.6 Å². The summed E-state index contributed by atoms with van der Waals surface area (Å²) in [7, 11) is 0. The number of hydrogen-bond donors (Lipinski definition) is 0. The molecule has 2 aromatic rings. The highest BCUT2D eigenvalue weighted by Crippen LogP contribution is 2.23. The third kappa shape index (κ3) is 5.91. The number of para-hydroxylation sites is 2. The Morgan fingerprint density at radius 1 is 0.600 bits per heavy atom. The molecule has 0 fully saturated rings. The highest BCUT2D eigenvalue weighted by Gasteiger charge is 2.23. The van der Waals surface area contributed by atoms with E-state index in [9.17, 15) is 19.2 Å². The maximum atomic E-state index is 12.3. The SMILES string of the molecule is CC(C)C(=O)Oc1ccccc1C(=O)OOC(=O)c1ccccc1OC(=O)C(C)C. The van der Waals surface area contributed by atoms with Gasteiger partial charge in [0, 0.05) is 0 Å². The fourth-order valence-electron chi connectivity index (χ4n) is 2.07. The summed E-state index contributed by atoms with van der Waals surface area (Å²) in [6.45, 7) is 6.59. The number of carbonyl (C=O) groups is 4. The Balaban J connectivity index is 2.10. The van der Waals surface area contributed by atoms with Crippen LogP contribution in [0.5, 0.6) is 11.5 Å². The van der Waals surface area contributed by atoms with Crippen molar-refractivity contribution < 1.29 is 38.4 Å². The van der Waals surface area contributed by atoms with Crippen LogP contribution in [0.3, 0.4) is 0 Å². The van der Waals surface area contributed by atoms with Gasteiger partial charge < -0.3 is 9.47 Å².